The first-order valence-corrected chi connectivity index (χ1v) is 7.88. The van der Waals surface area contributed by atoms with E-state index < -0.39 is 0 Å². The molecule has 0 radical (unpaired) electrons. The van der Waals surface area contributed by atoms with Gasteiger partial charge < -0.3 is 9.73 Å². The maximum absolute atomic E-state index is 5.91. The van der Waals surface area contributed by atoms with Crippen molar-refractivity contribution in [2.45, 2.75) is 26.4 Å². The number of aryl methyl sites for hydroxylation is 1. The second kappa shape index (κ2) is 6.94. The number of aromatic nitrogens is 2. The van der Waals surface area contributed by atoms with E-state index in [0.717, 1.165) is 21.7 Å². The van der Waals surface area contributed by atoms with Crippen LogP contribution in [0.1, 0.15) is 30.0 Å². The molecule has 1 aromatic heterocycles. The van der Waals surface area contributed by atoms with E-state index in [1.54, 1.807) is 0 Å². The summed E-state index contributed by atoms with van der Waals surface area (Å²) < 4.78 is 5.72. The molecular weight excluding hydrogens is 310 g/mol. The summed E-state index contributed by atoms with van der Waals surface area (Å²) in [7, 11) is 0. The third kappa shape index (κ3) is 3.97. The highest BCUT2D eigenvalue weighted by Gasteiger charge is 2.10. The van der Waals surface area contributed by atoms with Crippen molar-refractivity contribution in [2.75, 3.05) is 0 Å². The fraction of sp³-hybridized carbons (Fsp3) is 0.222. The van der Waals surface area contributed by atoms with Gasteiger partial charge in [0, 0.05) is 16.6 Å². The largest absolute Gasteiger partial charge is 0.419 e. The second-order valence-corrected chi connectivity index (χ2v) is 5.96. The van der Waals surface area contributed by atoms with Crippen LogP contribution in [-0.2, 0) is 6.54 Å². The second-order valence-electron chi connectivity index (χ2n) is 5.52. The van der Waals surface area contributed by atoms with E-state index in [4.69, 9.17) is 16.0 Å². The molecule has 1 heterocycles. The zero-order valence-electron chi connectivity index (χ0n) is 13.1. The fourth-order valence-corrected chi connectivity index (χ4v) is 2.46. The molecule has 3 aromatic rings. The van der Waals surface area contributed by atoms with E-state index in [0.29, 0.717) is 18.3 Å². The maximum Gasteiger partial charge on any atom is 0.247 e. The van der Waals surface area contributed by atoms with Crippen molar-refractivity contribution in [1.82, 2.24) is 15.5 Å². The summed E-state index contributed by atoms with van der Waals surface area (Å²) in [5.74, 6) is 1.12. The summed E-state index contributed by atoms with van der Waals surface area (Å²) in [6, 6.07) is 16.0. The lowest BCUT2D eigenvalue weighted by Gasteiger charge is -2.12. The summed E-state index contributed by atoms with van der Waals surface area (Å²) >= 11 is 5.91. The van der Waals surface area contributed by atoms with Crippen LogP contribution < -0.4 is 5.32 Å². The smallest absolute Gasteiger partial charge is 0.247 e. The fourth-order valence-electron chi connectivity index (χ4n) is 2.33. The van der Waals surface area contributed by atoms with Gasteiger partial charge in [-0.3, -0.25) is 0 Å². The van der Waals surface area contributed by atoms with Gasteiger partial charge in [-0.05, 0) is 43.7 Å². The first-order chi connectivity index (χ1) is 11.1. The van der Waals surface area contributed by atoms with Gasteiger partial charge in [-0.1, -0.05) is 41.4 Å². The molecule has 0 spiro atoms. The summed E-state index contributed by atoms with van der Waals surface area (Å²) in [5.41, 5.74) is 3.26. The van der Waals surface area contributed by atoms with Crippen molar-refractivity contribution in [3.8, 4) is 11.5 Å². The molecule has 0 aliphatic heterocycles. The predicted octanol–water partition coefficient (Wildman–Crippen LogP) is 4.55. The lowest BCUT2D eigenvalue weighted by atomic mass is 10.1. The normalized spacial score (nSPS) is 12.3. The minimum Gasteiger partial charge on any atom is -0.419 e. The van der Waals surface area contributed by atoms with Crippen LogP contribution in [0, 0.1) is 6.92 Å². The van der Waals surface area contributed by atoms with E-state index in [-0.39, 0.29) is 6.04 Å². The number of hydrogen-bond acceptors (Lipinski definition) is 4. The van der Waals surface area contributed by atoms with Gasteiger partial charge >= 0.3 is 0 Å². The lowest BCUT2D eigenvalue weighted by Crippen LogP contribution is -2.18. The van der Waals surface area contributed by atoms with Crippen LogP contribution in [0.25, 0.3) is 11.5 Å². The SMILES string of the molecule is Cc1cccc(-c2nnc(CNC(C)c3ccc(Cl)cc3)o2)c1. The number of nitrogens with zero attached hydrogens (tertiary/aromatic N) is 2. The highest BCUT2D eigenvalue weighted by molar-refractivity contribution is 6.30. The summed E-state index contributed by atoms with van der Waals surface area (Å²) in [6.45, 7) is 4.64. The van der Waals surface area contributed by atoms with Crippen LogP contribution in [0.5, 0.6) is 0 Å². The molecule has 0 fully saturated rings. The quantitative estimate of drug-likeness (QED) is 0.747. The van der Waals surface area contributed by atoms with Gasteiger partial charge in [-0.25, -0.2) is 0 Å². The predicted molar refractivity (Wildman–Crippen MR) is 91.2 cm³/mol. The van der Waals surface area contributed by atoms with E-state index >= 15 is 0 Å². The Morgan fingerprint density at radius 1 is 1.13 bits per heavy atom. The van der Waals surface area contributed by atoms with Crippen LogP contribution in [0.4, 0.5) is 0 Å². The molecule has 1 unspecified atom stereocenters. The summed E-state index contributed by atoms with van der Waals surface area (Å²) in [4.78, 5) is 0. The Bertz CT molecular complexity index is 783. The molecule has 1 N–H and O–H groups in total. The molecule has 0 saturated carbocycles. The molecule has 0 aliphatic rings. The Morgan fingerprint density at radius 2 is 1.91 bits per heavy atom. The highest BCUT2D eigenvalue weighted by atomic mass is 35.5. The van der Waals surface area contributed by atoms with Gasteiger partial charge in [0.15, 0.2) is 0 Å². The number of rotatable bonds is 5. The first-order valence-electron chi connectivity index (χ1n) is 7.50. The van der Waals surface area contributed by atoms with Crippen molar-refractivity contribution in [3.05, 3.63) is 70.6 Å². The third-order valence-corrected chi connectivity index (χ3v) is 3.91. The Labute approximate surface area is 140 Å². The van der Waals surface area contributed by atoms with Gasteiger partial charge in [0.2, 0.25) is 11.8 Å². The topological polar surface area (TPSA) is 51.0 Å². The number of nitrogens with one attached hydrogen (secondary N) is 1. The van der Waals surface area contributed by atoms with Crippen LogP contribution in [0.2, 0.25) is 5.02 Å². The minimum absolute atomic E-state index is 0.168. The number of hydrogen-bond donors (Lipinski definition) is 1. The van der Waals surface area contributed by atoms with Crippen LogP contribution >= 0.6 is 11.6 Å². The van der Waals surface area contributed by atoms with E-state index in [9.17, 15) is 0 Å². The lowest BCUT2D eigenvalue weighted by molar-refractivity contribution is 0.454. The molecule has 3 rings (SSSR count). The van der Waals surface area contributed by atoms with Crippen molar-refractivity contribution >= 4 is 11.6 Å². The Balaban J connectivity index is 1.64. The third-order valence-electron chi connectivity index (χ3n) is 3.66. The average Bonchev–Trinajstić information content (AvgIpc) is 3.02. The van der Waals surface area contributed by atoms with Crippen LogP contribution in [-0.4, -0.2) is 10.2 Å². The molecule has 4 nitrogen and oxygen atoms in total. The molecule has 0 bridgehead atoms. The van der Waals surface area contributed by atoms with E-state index in [2.05, 4.69) is 22.4 Å². The molecule has 23 heavy (non-hydrogen) atoms. The van der Waals surface area contributed by atoms with Crippen molar-refractivity contribution < 1.29 is 4.42 Å². The van der Waals surface area contributed by atoms with Crippen molar-refractivity contribution in [2.24, 2.45) is 0 Å². The van der Waals surface area contributed by atoms with E-state index in [1.807, 2.05) is 55.5 Å². The standard InChI is InChI=1S/C18H18ClN3O/c1-12-4-3-5-15(10-12)18-22-21-17(23-18)11-20-13(2)14-6-8-16(19)9-7-14/h3-10,13,20H,11H2,1-2H3. The first kappa shape index (κ1) is 15.7. The van der Waals surface area contributed by atoms with Crippen LogP contribution in [0.3, 0.4) is 0 Å². The van der Waals surface area contributed by atoms with Crippen molar-refractivity contribution in [1.29, 1.82) is 0 Å². The van der Waals surface area contributed by atoms with Crippen LogP contribution in [0.15, 0.2) is 52.9 Å². The maximum atomic E-state index is 5.91. The Morgan fingerprint density at radius 3 is 2.65 bits per heavy atom. The molecular formula is C18H18ClN3O. The van der Waals surface area contributed by atoms with E-state index in [1.165, 1.54) is 0 Å². The summed E-state index contributed by atoms with van der Waals surface area (Å²) in [5, 5.41) is 12.3. The highest BCUT2D eigenvalue weighted by Crippen LogP contribution is 2.20. The average molecular weight is 328 g/mol. The molecule has 0 amide bonds. The molecule has 0 saturated heterocycles. The molecule has 1 atom stereocenters. The van der Waals surface area contributed by atoms with Gasteiger partial charge in [0.05, 0.1) is 6.54 Å². The van der Waals surface area contributed by atoms with Gasteiger partial charge in [-0.15, -0.1) is 10.2 Å². The molecule has 118 valence electrons. The Hall–Kier alpha value is -2.17. The summed E-state index contributed by atoms with van der Waals surface area (Å²) in [6.07, 6.45) is 0. The molecule has 0 aliphatic carbocycles. The number of benzene rings is 2. The van der Waals surface area contributed by atoms with Gasteiger partial charge in [-0.2, -0.15) is 0 Å². The monoisotopic (exact) mass is 327 g/mol. The van der Waals surface area contributed by atoms with Gasteiger partial charge in [0.25, 0.3) is 0 Å². The minimum atomic E-state index is 0.168. The molecule has 2 aromatic carbocycles. The number of halogens is 1. The van der Waals surface area contributed by atoms with Gasteiger partial charge in [0.1, 0.15) is 0 Å². The zero-order valence-corrected chi connectivity index (χ0v) is 13.8. The Kier molecular flexibility index (Phi) is 4.74. The zero-order chi connectivity index (χ0) is 16.2. The van der Waals surface area contributed by atoms with Crippen molar-refractivity contribution in [3.63, 3.8) is 0 Å². The molecule has 5 heteroatoms.